The van der Waals surface area contributed by atoms with E-state index in [1.165, 1.54) is 35.6 Å². The minimum absolute atomic E-state index is 1.20. The van der Waals surface area contributed by atoms with Gasteiger partial charge in [0.25, 0.3) is 0 Å². The number of unbranched alkanes of at least 4 members (excludes halogenated alkanes) is 1. The molecule has 0 atom stereocenters. The van der Waals surface area contributed by atoms with Crippen molar-refractivity contribution >= 4 is 10.8 Å². The molecule has 0 spiro atoms. The van der Waals surface area contributed by atoms with Gasteiger partial charge in [-0.1, -0.05) is 43.7 Å². The number of benzene rings is 2. The van der Waals surface area contributed by atoms with Crippen molar-refractivity contribution in [3.63, 3.8) is 0 Å². The van der Waals surface area contributed by atoms with E-state index < -0.39 is 0 Å². The van der Waals surface area contributed by atoms with Crippen molar-refractivity contribution < 1.29 is 0 Å². The van der Waals surface area contributed by atoms with Crippen LogP contribution in [0.5, 0.6) is 0 Å². The van der Waals surface area contributed by atoms with Crippen LogP contribution in [-0.2, 0) is 6.42 Å². The second-order valence-electron chi connectivity index (χ2n) is 3.71. The number of hydrogen-bond donors (Lipinski definition) is 0. The normalized spacial score (nSPS) is 10.6. The van der Waals surface area contributed by atoms with Crippen LogP contribution in [0.3, 0.4) is 0 Å². The van der Waals surface area contributed by atoms with Crippen LogP contribution in [-0.4, -0.2) is 0 Å². The van der Waals surface area contributed by atoms with Crippen molar-refractivity contribution in [2.45, 2.75) is 26.2 Å². The van der Waals surface area contributed by atoms with E-state index in [1.807, 2.05) is 6.07 Å². The molecule has 0 aliphatic heterocycles. The summed E-state index contributed by atoms with van der Waals surface area (Å²) in [6.45, 7) is 2.23. The molecular formula is C14H15. The lowest BCUT2D eigenvalue weighted by atomic mass is 10.0. The molecule has 0 amide bonds. The van der Waals surface area contributed by atoms with Gasteiger partial charge < -0.3 is 0 Å². The third-order valence-corrected chi connectivity index (χ3v) is 2.57. The Morgan fingerprint density at radius 2 is 2.07 bits per heavy atom. The Morgan fingerprint density at radius 1 is 1.14 bits per heavy atom. The summed E-state index contributed by atoms with van der Waals surface area (Å²) in [6, 6.07) is 16.0. The third-order valence-electron chi connectivity index (χ3n) is 2.57. The number of aryl methyl sites for hydroxylation is 1. The second kappa shape index (κ2) is 4.28. The molecule has 0 aromatic heterocycles. The van der Waals surface area contributed by atoms with Crippen molar-refractivity contribution in [2.75, 3.05) is 0 Å². The van der Waals surface area contributed by atoms with Gasteiger partial charge in [0, 0.05) is 0 Å². The molecule has 0 aliphatic carbocycles. The summed E-state index contributed by atoms with van der Waals surface area (Å²) in [5.74, 6) is 0. The maximum absolute atomic E-state index is 3.12. The Kier molecular flexibility index (Phi) is 2.83. The first-order chi connectivity index (χ1) is 6.90. The molecule has 1 radical (unpaired) electrons. The van der Waals surface area contributed by atoms with Crippen molar-refractivity contribution in [3.05, 3.63) is 48.0 Å². The average Bonchev–Trinajstić information content (AvgIpc) is 2.26. The van der Waals surface area contributed by atoms with Gasteiger partial charge in [-0.2, -0.15) is 0 Å². The topological polar surface area (TPSA) is 0 Å². The van der Waals surface area contributed by atoms with E-state index in [0.29, 0.717) is 0 Å². The Hall–Kier alpha value is -1.30. The fraction of sp³-hybridized carbons (Fsp3) is 0.286. The van der Waals surface area contributed by atoms with Crippen molar-refractivity contribution in [2.24, 2.45) is 0 Å². The first kappa shape index (κ1) is 9.26. The monoisotopic (exact) mass is 183 g/mol. The van der Waals surface area contributed by atoms with E-state index in [9.17, 15) is 0 Å². The lowest BCUT2D eigenvalue weighted by molar-refractivity contribution is 0.796. The largest absolute Gasteiger partial charge is 0.0654 e. The fourth-order valence-corrected chi connectivity index (χ4v) is 1.71. The van der Waals surface area contributed by atoms with Gasteiger partial charge in [0.2, 0.25) is 0 Å². The van der Waals surface area contributed by atoms with Crippen LogP contribution >= 0.6 is 0 Å². The second-order valence-corrected chi connectivity index (χ2v) is 3.71. The summed E-state index contributed by atoms with van der Waals surface area (Å²) in [5.41, 5.74) is 1.44. The molecule has 14 heavy (non-hydrogen) atoms. The van der Waals surface area contributed by atoms with E-state index in [4.69, 9.17) is 0 Å². The van der Waals surface area contributed by atoms with Gasteiger partial charge in [0.05, 0.1) is 0 Å². The molecule has 0 fully saturated rings. The van der Waals surface area contributed by atoms with Crippen molar-refractivity contribution in [3.8, 4) is 0 Å². The van der Waals surface area contributed by atoms with Crippen LogP contribution in [0.25, 0.3) is 10.8 Å². The lowest BCUT2D eigenvalue weighted by Gasteiger charge is -2.02. The van der Waals surface area contributed by atoms with Gasteiger partial charge in [0.1, 0.15) is 0 Å². The zero-order chi connectivity index (χ0) is 9.80. The zero-order valence-corrected chi connectivity index (χ0v) is 8.59. The maximum Gasteiger partial charge on any atom is -0.0175 e. The molecular weight excluding hydrogens is 168 g/mol. The van der Waals surface area contributed by atoms with Crippen LogP contribution in [0.1, 0.15) is 25.3 Å². The van der Waals surface area contributed by atoms with E-state index in [0.717, 1.165) is 0 Å². The number of hydrogen-bond acceptors (Lipinski definition) is 0. The quantitative estimate of drug-likeness (QED) is 0.675. The average molecular weight is 183 g/mol. The summed E-state index contributed by atoms with van der Waals surface area (Å²) >= 11 is 0. The van der Waals surface area contributed by atoms with E-state index in [1.54, 1.807) is 0 Å². The minimum Gasteiger partial charge on any atom is -0.0654 e. The maximum atomic E-state index is 3.12. The van der Waals surface area contributed by atoms with Crippen LogP contribution in [0, 0.1) is 6.07 Å². The highest BCUT2D eigenvalue weighted by atomic mass is 14.0. The molecule has 0 aliphatic rings. The molecule has 0 unspecified atom stereocenters. The van der Waals surface area contributed by atoms with Gasteiger partial charge in [-0.05, 0) is 41.3 Å². The number of rotatable bonds is 3. The highest BCUT2D eigenvalue weighted by Gasteiger charge is 1.95. The van der Waals surface area contributed by atoms with Gasteiger partial charge >= 0.3 is 0 Å². The van der Waals surface area contributed by atoms with Crippen LogP contribution in [0.4, 0.5) is 0 Å². The molecule has 2 aromatic carbocycles. The van der Waals surface area contributed by atoms with E-state index >= 15 is 0 Å². The predicted octanol–water partition coefficient (Wildman–Crippen LogP) is 3.98. The SMILES string of the molecule is CCCCc1ccc2cc[c]cc2c1. The molecule has 0 bridgehead atoms. The molecule has 0 heteroatoms. The molecule has 0 nitrogen and oxygen atoms in total. The van der Waals surface area contributed by atoms with Crippen LogP contribution in [0.15, 0.2) is 36.4 Å². The fourth-order valence-electron chi connectivity index (χ4n) is 1.71. The van der Waals surface area contributed by atoms with Crippen molar-refractivity contribution in [1.29, 1.82) is 0 Å². The molecule has 0 N–H and O–H groups in total. The van der Waals surface area contributed by atoms with E-state index in [2.05, 4.69) is 43.3 Å². The minimum atomic E-state index is 1.20. The summed E-state index contributed by atoms with van der Waals surface area (Å²) in [6.07, 6.45) is 3.74. The van der Waals surface area contributed by atoms with Crippen molar-refractivity contribution in [1.82, 2.24) is 0 Å². The Morgan fingerprint density at radius 3 is 2.93 bits per heavy atom. The van der Waals surface area contributed by atoms with E-state index in [-0.39, 0.29) is 0 Å². The summed E-state index contributed by atoms with van der Waals surface area (Å²) in [4.78, 5) is 0. The molecule has 0 saturated heterocycles. The Labute approximate surface area is 85.6 Å². The summed E-state index contributed by atoms with van der Waals surface area (Å²) in [5, 5.41) is 2.62. The molecule has 0 saturated carbocycles. The lowest BCUT2D eigenvalue weighted by Crippen LogP contribution is -1.84. The smallest absolute Gasteiger partial charge is 0.0175 e. The predicted molar refractivity (Wildman–Crippen MR) is 61.4 cm³/mol. The first-order valence-corrected chi connectivity index (χ1v) is 5.29. The highest BCUT2D eigenvalue weighted by molar-refractivity contribution is 5.82. The van der Waals surface area contributed by atoms with Gasteiger partial charge in [-0.3, -0.25) is 0 Å². The van der Waals surface area contributed by atoms with Gasteiger partial charge in [-0.25, -0.2) is 0 Å². The molecule has 0 heterocycles. The number of fused-ring (bicyclic) bond motifs is 1. The van der Waals surface area contributed by atoms with Crippen LogP contribution < -0.4 is 0 Å². The standard InChI is InChI=1S/C14H15/c1-2-3-6-12-9-10-13-7-4-5-8-14(13)11-12/h4,7-11H,2-3,6H2,1H3. The van der Waals surface area contributed by atoms with Crippen LogP contribution in [0.2, 0.25) is 0 Å². The van der Waals surface area contributed by atoms with Gasteiger partial charge in [0.15, 0.2) is 0 Å². The summed E-state index contributed by atoms with van der Waals surface area (Å²) < 4.78 is 0. The zero-order valence-electron chi connectivity index (χ0n) is 8.59. The Balaban J connectivity index is 2.32. The third kappa shape index (κ3) is 1.95. The molecule has 2 aromatic rings. The Bertz CT molecular complexity index is 415. The van der Waals surface area contributed by atoms with Gasteiger partial charge in [-0.15, -0.1) is 0 Å². The first-order valence-electron chi connectivity index (χ1n) is 5.29. The molecule has 2 rings (SSSR count). The highest BCUT2D eigenvalue weighted by Crippen LogP contribution is 2.16. The molecule has 71 valence electrons. The summed E-state index contributed by atoms with van der Waals surface area (Å²) in [7, 11) is 0.